The van der Waals surface area contributed by atoms with Crippen molar-refractivity contribution in [3.8, 4) is 0 Å². The smallest absolute Gasteiger partial charge is 0.335 e. The Morgan fingerprint density at radius 3 is 2.00 bits per heavy atom. The topological polar surface area (TPSA) is 0 Å². The Bertz CT molecular complexity index is 219. The fourth-order valence-corrected chi connectivity index (χ4v) is 1.92. The van der Waals surface area contributed by atoms with Gasteiger partial charge in [0, 0.05) is 0 Å². The molecule has 0 saturated heterocycles. The molecule has 0 spiro atoms. The lowest BCUT2D eigenvalue weighted by molar-refractivity contribution is 0.598. The summed E-state index contributed by atoms with van der Waals surface area (Å²) in [5, 5.41) is 0. The third-order valence-electron chi connectivity index (χ3n) is 1.20. The lowest BCUT2D eigenvalue weighted by Gasteiger charge is -1.97. The summed E-state index contributed by atoms with van der Waals surface area (Å²) in [7, 11) is 5.40. The highest BCUT2D eigenvalue weighted by atomic mass is 35.5. The minimum absolute atomic E-state index is 0.0733. The highest BCUT2D eigenvalue weighted by Gasteiger charge is 2.07. The lowest BCUT2D eigenvalue weighted by Crippen LogP contribution is -2.18. The van der Waals surface area contributed by atoms with Crippen LogP contribution < -0.4 is 3.69 Å². The molecule has 1 aromatic rings. The van der Waals surface area contributed by atoms with Crippen LogP contribution in [0.1, 0.15) is 0 Å². The Morgan fingerprint density at radius 2 is 1.70 bits per heavy atom. The third kappa shape index (κ3) is 1.59. The molecule has 10 heavy (non-hydrogen) atoms. The van der Waals surface area contributed by atoms with Gasteiger partial charge in [0.05, 0.1) is 0 Å². The van der Waals surface area contributed by atoms with Gasteiger partial charge in [-0.2, -0.15) is 0 Å². The minimum atomic E-state index is -1.24. The Morgan fingerprint density at radius 1 is 1.20 bits per heavy atom. The molecule has 0 amide bonds. The SMILES string of the molecule is Fc1cccc(F)[c]1[Mg][Cl]. The standard InChI is InChI=1S/C6H3F2.ClH.Mg/c7-5-2-1-3-6(8)4-5;;/h1-3H;1H;/q;;+1/p-1. The molecular weight excluding hydrogens is 170 g/mol. The first-order chi connectivity index (χ1) is 4.75. The molecule has 0 bridgehead atoms. The van der Waals surface area contributed by atoms with E-state index in [9.17, 15) is 8.78 Å². The molecule has 0 N–H and O–H groups in total. The van der Waals surface area contributed by atoms with Crippen LogP contribution in [0.2, 0.25) is 0 Å². The van der Waals surface area contributed by atoms with E-state index in [1.807, 2.05) is 0 Å². The van der Waals surface area contributed by atoms with Crippen LogP contribution in [-0.4, -0.2) is 19.3 Å². The molecule has 0 radical (unpaired) electrons. The van der Waals surface area contributed by atoms with Gasteiger partial charge in [0.25, 0.3) is 0 Å². The molecule has 0 aromatic heterocycles. The largest absolute Gasteiger partial charge is 0.547 e. The summed E-state index contributed by atoms with van der Waals surface area (Å²) in [5.41, 5.74) is 0. The van der Waals surface area contributed by atoms with Crippen molar-refractivity contribution in [2.75, 3.05) is 0 Å². The third-order valence-corrected chi connectivity index (χ3v) is 2.94. The zero-order chi connectivity index (χ0) is 7.56. The maximum Gasteiger partial charge on any atom is 0.547 e. The molecule has 1 aromatic carbocycles. The Kier molecular flexibility index (Phi) is 2.89. The van der Waals surface area contributed by atoms with Gasteiger partial charge in [-0.3, -0.25) is 0 Å². The van der Waals surface area contributed by atoms with Crippen molar-refractivity contribution in [3.63, 3.8) is 0 Å². The summed E-state index contributed by atoms with van der Waals surface area (Å²) in [5.74, 6) is -1.05. The van der Waals surface area contributed by atoms with E-state index < -0.39 is 30.9 Å². The highest BCUT2D eigenvalue weighted by Crippen LogP contribution is 1.98. The van der Waals surface area contributed by atoms with Gasteiger partial charge in [0.2, 0.25) is 0 Å². The number of halogens is 3. The fourth-order valence-electron chi connectivity index (χ4n) is 0.660. The molecule has 50 valence electrons. The first-order valence-electron chi connectivity index (χ1n) is 2.74. The van der Waals surface area contributed by atoms with Crippen LogP contribution in [0.25, 0.3) is 0 Å². The van der Waals surface area contributed by atoms with Gasteiger partial charge in [0.15, 0.2) is 0 Å². The Balaban J connectivity index is 3.17. The van der Waals surface area contributed by atoms with Crippen LogP contribution in [0.15, 0.2) is 18.2 Å². The van der Waals surface area contributed by atoms with Gasteiger partial charge in [-0.05, 0) is 12.1 Å². The minimum Gasteiger partial charge on any atom is -0.335 e. The lowest BCUT2D eigenvalue weighted by atomic mass is 10.3. The number of hydrogen-bond acceptors (Lipinski definition) is 0. The van der Waals surface area contributed by atoms with Gasteiger partial charge in [0.1, 0.15) is 11.6 Å². The number of benzene rings is 1. The van der Waals surface area contributed by atoms with Crippen molar-refractivity contribution in [2.24, 2.45) is 0 Å². The van der Waals surface area contributed by atoms with Crippen LogP contribution in [0.5, 0.6) is 0 Å². The Labute approximate surface area is 70.7 Å². The average Bonchev–Trinajstić information content (AvgIpc) is 1.88. The summed E-state index contributed by atoms with van der Waals surface area (Å²) >= 11 is -1.24. The fraction of sp³-hybridized carbons (Fsp3) is 0. The van der Waals surface area contributed by atoms with Crippen molar-refractivity contribution in [3.05, 3.63) is 29.8 Å². The predicted octanol–water partition coefficient (Wildman–Crippen LogP) is 1.45. The molecular formula is C6H3ClF2Mg. The monoisotopic (exact) mass is 172 g/mol. The zero-order valence-electron chi connectivity index (χ0n) is 5.07. The Hall–Kier alpha value is 0.136. The first-order valence-corrected chi connectivity index (χ1v) is 5.59. The molecule has 0 aliphatic heterocycles. The van der Waals surface area contributed by atoms with E-state index in [4.69, 9.17) is 9.07 Å². The van der Waals surface area contributed by atoms with E-state index >= 15 is 0 Å². The second kappa shape index (κ2) is 3.50. The van der Waals surface area contributed by atoms with Gasteiger partial charge >= 0.3 is 19.3 Å². The second-order valence-corrected chi connectivity index (χ2v) is 3.61. The summed E-state index contributed by atoms with van der Waals surface area (Å²) in [4.78, 5) is 0. The van der Waals surface area contributed by atoms with Crippen molar-refractivity contribution >= 4 is 32.0 Å². The normalized spacial score (nSPS) is 9.10. The van der Waals surface area contributed by atoms with Gasteiger partial charge in [-0.1, -0.05) is 9.76 Å². The molecule has 4 heteroatoms. The van der Waals surface area contributed by atoms with Crippen LogP contribution in [0, 0.1) is 11.6 Å². The molecule has 0 aliphatic rings. The van der Waals surface area contributed by atoms with Gasteiger partial charge in [-0.15, -0.1) is 0 Å². The van der Waals surface area contributed by atoms with E-state index in [0.29, 0.717) is 0 Å². The van der Waals surface area contributed by atoms with Gasteiger partial charge in [-0.25, -0.2) is 8.78 Å². The van der Waals surface area contributed by atoms with E-state index in [1.54, 1.807) is 0 Å². The van der Waals surface area contributed by atoms with Crippen molar-refractivity contribution < 1.29 is 8.78 Å². The molecule has 0 heterocycles. The molecule has 1 rings (SSSR count). The average molecular weight is 173 g/mol. The summed E-state index contributed by atoms with van der Waals surface area (Å²) in [6.07, 6.45) is 0. The van der Waals surface area contributed by atoms with Crippen molar-refractivity contribution in [2.45, 2.75) is 0 Å². The number of rotatable bonds is 1. The maximum absolute atomic E-state index is 12.6. The van der Waals surface area contributed by atoms with Crippen molar-refractivity contribution in [1.82, 2.24) is 0 Å². The molecule has 0 aliphatic carbocycles. The van der Waals surface area contributed by atoms with Crippen LogP contribution >= 0.6 is 9.07 Å². The van der Waals surface area contributed by atoms with Crippen LogP contribution in [-0.2, 0) is 0 Å². The summed E-state index contributed by atoms with van der Waals surface area (Å²) < 4.78 is 25.2. The highest BCUT2D eigenvalue weighted by molar-refractivity contribution is 7.01. The van der Waals surface area contributed by atoms with E-state index in [0.717, 1.165) is 0 Å². The molecule has 0 atom stereocenters. The van der Waals surface area contributed by atoms with E-state index in [2.05, 4.69) is 0 Å². The second-order valence-electron chi connectivity index (χ2n) is 1.83. The molecule has 0 saturated carbocycles. The summed E-state index contributed by atoms with van der Waals surface area (Å²) in [6.45, 7) is 0. The number of hydrogen-bond donors (Lipinski definition) is 0. The molecule has 0 nitrogen and oxygen atoms in total. The maximum atomic E-state index is 12.6. The molecule has 0 unspecified atom stereocenters. The van der Waals surface area contributed by atoms with Crippen molar-refractivity contribution in [1.29, 1.82) is 0 Å². The summed E-state index contributed by atoms with van der Waals surface area (Å²) in [6, 6.07) is 3.76. The molecule has 0 fully saturated rings. The quantitative estimate of drug-likeness (QED) is 0.563. The van der Waals surface area contributed by atoms with Crippen LogP contribution in [0.3, 0.4) is 0 Å². The van der Waals surface area contributed by atoms with E-state index in [-0.39, 0.29) is 3.69 Å². The van der Waals surface area contributed by atoms with Crippen LogP contribution in [0.4, 0.5) is 8.78 Å². The first kappa shape index (κ1) is 8.23. The zero-order valence-corrected chi connectivity index (χ0v) is 7.24. The van der Waals surface area contributed by atoms with Gasteiger partial charge < -0.3 is 9.07 Å². The van der Waals surface area contributed by atoms with E-state index in [1.165, 1.54) is 18.2 Å². The predicted molar refractivity (Wildman–Crippen MR) is 37.6 cm³/mol.